The topological polar surface area (TPSA) is 26.3 Å². The average Bonchev–Trinajstić information content (AvgIpc) is 2.30. The van der Waals surface area contributed by atoms with Crippen molar-refractivity contribution >= 4 is 5.97 Å². The lowest BCUT2D eigenvalue weighted by atomic mass is 9.62. The van der Waals surface area contributed by atoms with Crippen LogP contribution in [0.5, 0.6) is 0 Å². The van der Waals surface area contributed by atoms with Crippen LogP contribution in [0.4, 0.5) is 0 Å². The molecule has 0 aromatic carbocycles. The van der Waals surface area contributed by atoms with E-state index in [0.29, 0.717) is 18.3 Å². The first-order valence-corrected chi connectivity index (χ1v) is 7.48. The zero-order valence-corrected chi connectivity index (χ0v) is 13.0. The Hall–Kier alpha value is -0.530. The molecule has 1 aliphatic carbocycles. The fourth-order valence-electron chi connectivity index (χ4n) is 2.96. The van der Waals surface area contributed by atoms with Crippen molar-refractivity contribution in [1.29, 1.82) is 0 Å². The number of carbonyl (C=O) groups is 1. The van der Waals surface area contributed by atoms with E-state index in [1.807, 2.05) is 6.92 Å². The van der Waals surface area contributed by atoms with Crippen LogP contribution in [0, 0.1) is 23.2 Å². The SMILES string of the molecule is CCC(=O)O[C@@H]1CC[C@@H](C)C[C@@H]1C(C)(C)C(C)C. The van der Waals surface area contributed by atoms with Crippen LogP contribution in [0.1, 0.15) is 67.2 Å². The molecule has 0 bridgehead atoms. The molecule has 1 fully saturated rings. The monoisotopic (exact) mass is 254 g/mol. The van der Waals surface area contributed by atoms with Crippen molar-refractivity contribution in [3.8, 4) is 0 Å². The molecule has 1 aliphatic rings. The fourth-order valence-corrected chi connectivity index (χ4v) is 2.96. The van der Waals surface area contributed by atoms with E-state index in [-0.39, 0.29) is 17.5 Å². The Labute approximate surface area is 112 Å². The molecule has 0 unspecified atom stereocenters. The van der Waals surface area contributed by atoms with Gasteiger partial charge in [-0.15, -0.1) is 0 Å². The summed E-state index contributed by atoms with van der Waals surface area (Å²) in [5.41, 5.74) is 0.230. The minimum Gasteiger partial charge on any atom is -0.462 e. The Morgan fingerprint density at radius 1 is 1.33 bits per heavy atom. The second kappa shape index (κ2) is 6.08. The van der Waals surface area contributed by atoms with Crippen molar-refractivity contribution in [3.63, 3.8) is 0 Å². The molecule has 0 amide bonds. The lowest BCUT2D eigenvalue weighted by molar-refractivity contribution is -0.159. The Bertz CT molecular complexity index is 281. The van der Waals surface area contributed by atoms with Crippen LogP contribution < -0.4 is 0 Å². The van der Waals surface area contributed by atoms with Gasteiger partial charge in [0.15, 0.2) is 0 Å². The number of carbonyl (C=O) groups excluding carboxylic acids is 1. The van der Waals surface area contributed by atoms with E-state index in [2.05, 4.69) is 34.6 Å². The Balaban J connectivity index is 2.83. The molecule has 1 rings (SSSR count). The summed E-state index contributed by atoms with van der Waals surface area (Å²) in [5.74, 6) is 1.82. The number of rotatable bonds is 4. The lowest BCUT2D eigenvalue weighted by Gasteiger charge is -2.46. The van der Waals surface area contributed by atoms with Gasteiger partial charge in [0.2, 0.25) is 0 Å². The first-order valence-electron chi connectivity index (χ1n) is 7.48. The van der Waals surface area contributed by atoms with Crippen LogP contribution in [0.2, 0.25) is 0 Å². The van der Waals surface area contributed by atoms with Crippen LogP contribution in [-0.2, 0) is 9.53 Å². The van der Waals surface area contributed by atoms with Crippen molar-refractivity contribution in [1.82, 2.24) is 0 Å². The highest BCUT2D eigenvalue weighted by molar-refractivity contribution is 5.69. The Morgan fingerprint density at radius 2 is 1.94 bits per heavy atom. The molecule has 2 heteroatoms. The molecule has 0 radical (unpaired) electrons. The first-order chi connectivity index (χ1) is 8.28. The zero-order valence-electron chi connectivity index (χ0n) is 13.0. The van der Waals surface area contributed by atoms with Crippen molar-refractivity contribution in [2.24, 2.45) is 23.2 Å². The molecule has 18 heavy (non-hydrogen) atoms. The second-order valence-corrected chi connectivity index (χ2v) is 6.88. The number of hydrogen-bond acceptors (Lipinski definition) is 2. The smallest absolute Gasteiger partial charge is 0.305 e. The van der Waals surface area contributed by atoms with E-state index in [0.717, 1.165) is 12.3 Å². The molecule has 106 valence electrons. The Kier molecular flexibility index (Phi) is 5.24. The summed E-state index contributed by atoms with van der Waals surface area (Å²) in [6.45, 7) is 13.4. The largest absolute Gasteiger partial charge is 0.462 e. The van der Waals surface area contributed by atoms with Gasteiger partial charge in [-0.2, -0.15) is 0 Å². The van der Waals surface area contributed by atoms with Gasteiger partial charge in [-0.05, 0) is 36.5 Å². The molecular weight excluding hydrogens is 224 g/mol. The van der Waals surface area contributed by atoms with Crippen LogP contribution in [0.15, 0.2) is 0 Å². The van der Waals surface area contributed by atoms with Crippen LogP contribution in [-0.4, -0.2) is 12.1 Å². The first kappa shape index (κ1) is 15.5. The molecule has 1 saturated carbocycles. The molecule has 0 aromatic heterocycles. The average molecular weight is 254 g/mol. The highest BCUT2D eigenvalue weighted by Crippen LogP contribution is 2.46. The van der Waals surface area contributed by atoms with E-state index in [1.54, 1.807) is 0 Å². The molecule has 0 N–H and O–H groups in total. The standard InChI is InChI=1S/C16H30O2/c1-7-15(17)18-14-9-8-12(4)10-13(14)16(5,6)11(2)3/h11-14H,7-10H2,1-6H3/t12-,13+,14-/m1/s1. The third-order valence-electron chi connectivity index (χ3n) is 5.06. The van der Waals surface area contributed by atoms with E-state index in [4.69, 9.17) is 4.74 Å². The van der Waals surface area contributed by atoms with Gasteiger partial charge in [0, 0.05) is 12.3 Å². The van der Waals surface area contributed by atoms with Gasteiger partial charge in [-0.3, -0.25) is 4.79 Å². The molecule has 0 heterocycles. The maximum Gasteiger partial charge on any atom is 0.305 e. The molecule has 0 spiro atoms. The molecule has 0 aromatic rings. The van der Waals surface area contributed by atoms with Gasteiger partial charge in [0.25, 0.3) is 0 Å². The molecular formula is C16H30O2. The predicted molar refractivity (Wildman–Crippen MR) is 75.3 cm³/mol. The summed E-state index contributed by atoms with van der Waals surface area (Å²) in [7, 11) is 0. The summed E-state index contributed by atoms with van der Waals surface area (Å²) in [5, 5.41) is 0. The fraction of sp³-hybridized carbons (Fsp3) is 0.938. The highest BCUT2D eigenvalue weighted by Gasteiger charge is 2.42. The maximum atomic E-state index is 11.6. The highest BCUT2D eigenvalue weighted by atomic mass is 16.5. The van der Waals surface area contributed by atoms with Crippen LogP contribution in [0.25, 0.3) is 0 Å². The van der Waals surface area contributed by atoms with Gasteiger partial charge < -0.3 is 4.74 Å². The third-order valence-corrected chi connectivity index (χ3v) is 5.06. The predicted octanol–water partition coefficient (Wildman–Crippen LogP) is 4.43. The summed E-state index contributed by atoms with van der Waals surface area (Å²) in [6.07, 6.45) is 4.03. The van der Waals surface area contributed by atoms with Gasteiger partial charge in [0.05, 0.1) is 0 Å². The van der Waals surface area contributed by atoms with E-state index >= 15 is 0 Å². The third kappa shape index (κ3) is 3.49. The summed E-state index contributed by atoms with van der Waals surface area (Å²) >= 11 is 0. The van der Waals surface area contributed by atoms with Gasteiger partial charge in [-0.25, -0.2) is 0 Å². The summed E-state index contributed by atoms with van der Waals surface area (Å²) in [6, 6.07) is 0. The summed E-state index contributed by atoms with van der Waals surface area (Å²) < 4.78 is 5.70. The van der Waals surface area contributed by atoms with Gasteiger partial charge >= 0.3 is 5.97 Å². The minimum atomic E-state index is -0.0425. The van der Waals surface area contributed by atoms with Gasteiger partial charge in [0.1, 0.15) is 6.10 Å². The van der Waals surface area contributed by atoms with E-state index in [9.17, 15) is 4.79 Å². The van der Waals surface area contributed by atoms with Crippen molar-refractivity contribution in [3.05, 3.63) is 0 Å². The normalized spacial score (nSPS) is 29.4. The van der Waals surface area contributed by atoms with Gasteiger partial charge in [-0.1, -0.05) is 41.5 Å². The van der Waals surface area contributed by atoms with E-state index < -0.39 is 0 Å². The van der Waals surface area contributed by atoms with Crippen molar-refractivity contribution in [2.45, 2.75) is 73.3 Å². The molecule has 0 saturated heterocycles. The second-order valence-electron chi connectivity index (χ2n) is 6.88. The molecule has 2 nitrogen and oxygen atoms in total. The van der Waals surface area contributed by atoms with Crippen LogP contribution in [0.3, 0.4) is 0 Å². The van der Waals surface area contributed by atoms with E-state index in [1.165, 1.54) is 12.8 Å². The number of esters is 1. The zero-order chi connectivity index (χ0) is 13.9. The van der Waals surface area contributed by atoms with Crippen molar-refractivity contribution < 1.29 is 9.53 Å². The number of ether oxygens (including phenoxy) is 1. The molecule has 3 atom stereocenters. The minimum absolute atomic E-state index is 0.0425. The van der Waals surface area contributed by atoms with Crippen LogP contribution >= 0.6 is 0 Å². The Morgan fingerprint density at radius 3 is 2.44 bits per heavy atom. The maximum absolute atomic E-state index is 11.6. The quantitative estimate of drug-likeness (QED) is 0.694. The number of hydrogen-bond donors (Lipinski definition) is 0. The summed E-state index contributed by atoms with van der Waals surface area (Å²) in [4.78, 5) is 11.6. The lowest BCUT2D eigenvalue weighted by Crippen LogP contribution is -2.43. The molecule has 0 aliphatic heterocycles. The van der Waals surface area contributed by atoms with Crippen molar-refractivity contribution in [2.75, 3.05) is 0 Å².